The molecule has 1 aromatic carbocycles. The van der Waals surface area contributed by atoms with Crippen LogP contribution >= 0.6 is 11.3 Å². The number of hydrogen-bond donors (Lipinski definition) is 1. The average Bonchev–Trinajstić information content (AvgIpc) is 3.07. The summed E-state index contributed by atoms with van der Waals surface area (Å²) in [5.41, 5.74) is 3.08. The Labute approximate surface area is 148 Å². The van der Waals surface area contributed by atoms with E-state index in [9.17, 15) is 4.79 Å². The van der Waals surface area contributed by atoms with Crippen LogP contribution < -0.4 is 14.8 Å². The van der Waals surface area contributed by atoms with E-state index in [0.717, 1.165) is 33.4 Å². The number of thiazole rings is 1. The number of fused-ring (bicyclic) bond motifs is 4. The molecule has 0 saturated carbocycles. The fourth-order valence-corrected chi connectivity index (χ4v) is 4.46. The van der Waals surface area contributed by atoms with Gasteiger partial charge >= 0.3 is 0 Å². The van der Waals surface area contributed by atoms with Crippen LogP contribution in [0.25, 0.3) is 4.96 Å². The SMILES string of the molecule is Cc1cn2c3c(nc2s1)CNC(=O)CC3c1ccc2c(c1)OCCO2. The van der Waals surface area contributed by atoms with Gasteiger partial charge in [-0.1, -0.05) is 6.07 Å². The van der Waals surface area contributed by atoms with E-state index in [-0.39, 0.29) is 11.8 Å². The molecule has 0 radical (unpaired) electrons. The number of nitrogens with zero attached hydrogens (tertiary/aromatic N) is 2. The lowest BCUT2D eigenvalue weighted by molar-refractivity contribution is -0.121. The Hall–Kier alpha value is -2.54. The zero-order chi connectivity index (χ0) is 17.0. The van der Waals surface area contributed by atoms with Crippen molar-refractivity contribution in [2.24, 2.45) is 0 Å². The summed E-state index contributed by atoms with van der Waals surface area (Å²) in [4.78, 5) is 19.2. The molecule has 2 aromatic heterocycles. The predicted octanol–water partition coefficient (Wildman–Crippen LogP) is 2.63. The van der Waals surface area contributed by atoms with Gasteiger partial charge in [0.2, 0.25) is 5.91 Å². The number of ether oxygens (including phenoxy) is 2. The summed E-state index contributed by atoms with van der Waals surface area (Å²) in [6.45, 7) is 3.67. The highest BCUT2D eigenvalue weighted by atomic mass is 32.1. The first-order chi connectivity index (χ1) is 12.2. The van der Waals surface area contributed by atoms with Gasteiger partial charge in [0.15, 0.2) is 16.5 Å². The molecule has 25 heavy (non-hydrogen) atoms. The smallest absolute Gasteiger partial charge is 0.221 e. The Morgan fingerprint density at radius 2 is 2.12 bits per heavy atom. The van der Waals surface area contributed by atoms with Gasteiger partial charge < -0.3 is 14.8 Å². The van der Waals surface area contributed by atoms with Crippen LogP contribution in [0.4, 0.5) is 0 Å². The number of aryl methyl sites for hydroxylation is 1. The average molecular weight is 355 g/mol. The minimum absolute atomic E-state index is 0.0404. The highest BCUT2D eigenvalue weighted by molar-refractivity contribution is 7.17. The molecule has 128 valence electrons. The summed E-state index contributed by atoms with van der Waals surface area (Å²) < 4.78 is 13.5. The molecule has 0 saturated heterocycles. The highest BCUT2D eigenvalue weighted by Crippen LogP contribution is 2.39. The minimum atomic E-state index is -0.0580. The largest absolute Gasteiger partial charge is 0.486 e. The molecule has 5 rings (SSSR count). The van der Waals surface area contributed by atoms with Crippen LogP contribution in [-0.2, 0) is 11.3 Å². The molecule has 1 atom stereocenters. The van der Waals surface area contributed by atoms with Gasteiger partial charge in [-0.15, -0.1) is 11.3 Å². The molecule has 0 bridgehead atoms. The Balaban J connectivity index is 1.68. The summed E-state index contributed by atoms with van der Waals surface area (Å²) in [7, 11) is 0. The second kappa shape index (κ2) is 5.49. The van der Waals surface area contributed by atoms with Crippen LogP contribution in [0.3, 0.4) is 0 Å². The van der Waals surface area contributed by atoms with E-state index in [1.165, 1.54) is 4.88 Å². The number of benzene rings is 1. The molecule has 4 heterocycles. The lowest BCUT2D eigenvalue weighted by atomic mass is 9.91. The van der Waals surface area contributed by atoms with Gasteiger partial charge in [0.1, 0.15) is 13.2 Å². The molecule has 0 fully saturated rings. The van der Waals surface area contributed by atoms with Crippen molar-refractivity contribution in [3.8, 4) is 11.5 Å². The minimum Gasteiger partial charge on any atom is -0.486 e. The molecular formula is C18H17N3O3S. The van der Waals surface area contributed by atoms with E-state index in [0.29, 0.717) is 26.2 Å². The van der Waals surface area contributed by atoms with Crippen molar-refractivity contribution in [1.82, 2.24) is 14.7 Å². The summed E-state index contributed by atoms with van der Waals surface area (Å²) in [6, 6.07) is 5.96. The van der Waals surface area contributed by atoms with Crippen molar-refractivity contribution in [2.75, 3.05) is 13.2 Å². The number of aromatic nitrogens is 2. The Kier molecular flexibility index (Phi) is 3.24. The number of carbonyl (C=O) groups excluding carboxylic acids is 1. The monoisotopic (exact) mass is 355 g/mol. The topological polar surface area (TPSA) is 64.9 Å². The van der Waals surface area contributed by atoms with Crippen molar-refractivity contribution in [3.63, 3.8) is 0 Å². The first-order valence-corrected chi connectivity index (χ1v) is 9.14. The Morgan fingerprint density at radius 1 is 1.28 bits per heavy atom. The van der Waals surface area contributed by atoms with E-state index in [2.05, 4.69) is 22.8 Å². The van der Waals surface area contributed by atoms with Gasteiger partial charge in [-0.3, -0.25) is 9.20 Å². The summed E-state index contributed by atoms with van der Waals surface area (Å²) >= 11 is 1.67. The van der Waals surface area contributed by atoms with Crippen molar-refractivity contribution < 1.29 is 14.3 Å². The van der Waals surface area contributed by atoms with Crippen LogP contribution in [-0.4, -0.2) is 28.5 Å². The zero-order valence-corrected chi connectivity index (χ0v) is 14.6. The van der Waals surface area contributed by atoms with E-state index < -0.39 is 0 Å². The number of carbonyl (C=O) groups is 1. The Bertz CT molecular complexity index is 991. The third-order valence-corrected chi connectivity index (χ3v) is 5.59. The molecule has 1 N–H and O–H groups in total. The maximum Gasteiger partial charge on any atom is 0.221 e. The third kappa shape index (κ3) is 2.38. The van der Waals surface area contributed by atoms with Crippen LogP contribution in [0.2, 0.25) is 0 Å². The van der Waals surface area contributed by atoms with E-state index in [4.69, 9.17) is 14.5 Å². The number of hydrogen-bond acceptors (Lipinski definition) is 5. The summed E-state index contributed by atoms with van der Waals surface area (Å²) in [6.07, 6.45) is 2.50. The number of rotatable bonds is 1. The van der Waals surface area contributed by atoms with Gasteiger partial charge in [-0.05, 0) is 24.6 Å². The predicted molar refractivity (Wildman–Crippen MR) is 93.5 cm³/mol. The lowest BCUT2D eigenvalue weighted by Crippen LogP contribution is -2.21. The van der Waals surface area contributed by atoms with Gasteiger partial charge in [0.05, 0.1) is 17.9 Å². The molecule has 3 aromatic rings. The van der Waals surface area contributed by atoms with Crippen molar-refractivity contribution in [1.29, 1.82) is 0 Å². The number of imidazole rings is 1. The maximum absolute atomic E-state index is 12.3. The molecule has 2 aliphatic rings. The van der Waals surface area contributed by atoms with Crippen LogP contribution in [0.5, 0.6) is 11.5 Å². The highest BCUT2D eigenvalue weighted by Gasteiger charge is 2.30. The molecule has 6 nitrogen and oxygen atoms in total. The van der Waals surface area contributed by atoms with Crippen LogP contribution in [0.15, 0.2) is 24.4 Å². The van der Waals surface area contributed by atoms with Gasteiger partial charge in [-0.2, -0.15) is 0 Å². The molecular weight excluding hydrogens is 338 g/mol. The molecule has 0 aliphatic carbocycles. The van der Waals surface area contributed by atoms with Crippen LogP contribution in [0, 0.1) is 6.92 Å². The third-order valence-electron chi connectivity index (χ3n) is 4.70. The molecule has 1 unspecified atom stereocenters. The normalized spacial score (nSPS) is 19.4. The fourth-order valence-electron chi connectivity index (χ4n) is 3.61. The van der Waals surface area contributed by atoms with Crippen molar-refractivity contribution >= 4 is 22.2 Å². The maximum atomic E-state index is 12.3. The lowest BCUT2D eigenvalue weighted by Gasteiger charge is -2.21. The molecule has 2 aliphatic heterocycles. The van der Waals surface area contributed by atoms with E-state index in [1.807, 2.05) is 18.2 Å². The number of amides is 1. The van der Waals surface area contributed by atoms with Crippen LogP contribution in [0.1, 0.15) is 34.2 Å². The molecule has 7 heteroatoms. The van der Waals surface area contributed by atoms with Crippen molar-refractivity contribution in [3.05, 3.63) is 46.2 Å². The molecule has 0 spiro atoms. The van der Waals surface area contributed by atoms with Gasteiger partial charge in [0.25, 0.3) is 0 Å². The Morgan fingerprint density at radius 3 is 3.00 bits per heavy atom. The number of nitrogens with one attached hydrogen (secondary N) is 1. The summed E-state index contributed by atoms with van der Waals surface area (Å²) in [5.74, 6) is 1.49. The standard InChI is InChI=1S/C18H17N3O3S/c1-10-9-21-17-12(7-16(22)19-8-13(17)20-18(21)25-10)11-2-3-14-15(6-11)24-5-4-23-14/h2-3,6,9,12H,4-5,7-8H2,1H3,(H,19,22). The molecule has 1 amide bonds. The van der Waals surface area contributed by atoms with Gasteiger partial charge in [-0.25, -0.2) is 4.98 Å². The second-order valence-corrected chi connectivity index (χ2v) is 7.59. The quantitative estimate of drug-likeness (QED) is 0.729. The second-order valence-electron chi connectivity index (χ2n) is 6.37. The van der Waals surface area contributed by atoms with E-state index >= 15 is 0 Å². The van der Waals surface area contributed by atoms with Crippen molar-refractivity contribution in [2.45, 2.75) is 25.8 Å². The van der Waals surface area contributed by atoms with Gasteiger partial charge in [0, 0.05) is 23.4 Å². The summed E-state index contributed by atoms with van der Waals surface area (Å²) in [5, 5.41) is 2.96. The first kappa shape index (κ1) is 14.8. The fraction of sp³-hybridized carbons (Fsp3) is 0.333. The first-order valence-electron chi connectivity index (χ1n) is 8.32. The zero-order valence-electron chi connectivity index (χ0n) is 13.7. The van der Waals surface area contributed by atoms with E-state index in [1.54, 1.807) is 11.3 Å².